The second kappa shape index (κ2) is 7.89. The summed E-state index contributed by atoms with van der Waals surface area (Å²) < 4.78 is 21.3. The third-order valence-electron chi connectivity index (χ3n) is 4.15. The van der Waals surface area contributed by atoms with Gasteiger partial charge < -0.3 is 10.1 Å². The number of hydrogen-bond donors (Lipinski definition) is 1. The minimum Gasteiger partial charge on any atom is -0.439 e. The van der Waals surface area contributed by atoms with Crippen molar-refractivity contribution in [3.63, 3.8) is 0 Å². The number of anilines is 1. The van der Waals surface area contributed by atoms with E-state index >= 15 is 0 Å². The molecule has 0 fully saturated rings. The summed E-state index contributed by atoms with van der Waals surface area (Å²) in [5.41, 5.74) is 0.499. The Morgan fingerprint density at radius 1 is 1.07 bits per heavy atom. The summed E-state index contributed by atoms with van der Waals surface area (Å²) in [4.78, 5) is 24.7. The molecule has 2 aromatic heterocycles. The predicted octanol–water partition coefficient (Wildman–Crippen LogP) is 4.15. The van der Waals surface area contributed by atoms with E-state index in [0.29, 0.717) is 23.1 Å². The Bertz CT molecular complexity index is 1160. The lowest BCUT2D eigenvalue weighted by molar-refractivity contribution is 0.102. The number of carbonyl (C=O) groups is 1. The van der Waals surface area contributed by atoms with E-state index in [0.717, 1.165) is 5.82 Å². The van der Waals surface area contributed by atoms with Gasteiger partial charge in [0.2, 0.25) is 5.88 Å². The molecule has 0 saturated carbocycles. The second-order valence-electron chi connectivity index (χ2n) is 6.12. The normalized spacial score (nSPS) is 10.6. The number of ether oxygens (including phenoxy) is 1. The van der Waals surface area contributed by atoms with Crippen LogP contribution < -0.4 is 10.1 Å². The topological polar surface area (TPSA) is 81.9 Å². The largest absolute Gasteiger partial charge is 0.439 e. The highest BCUT2D eigenvalue weighted by Gasteiger charge is 2.11. The fourth-order valence-corrected chi connectivity index (χ4v) is 2.71. The molecule has 0 aliphatic heterocycles. The molecule has 0 aliphatic rings. The number of amides is 1. The Morgan fingerprint density at radius 3 is 2.59 bits per heavy atom. The van der Waals surface area contributed by atoms with Crippen LogP contribution in [0.5, 0.6) is 11.6 Å². The van der Waals surface area contributed by atoms with Gasteiger partial charge in [0.1, 0.15) is 29.5 Å². The van der Waals surface area contributed by atoms with E-state index in [9.17, 15) is 9.18 Å². The average Bonchev–Trinajstić information content (AvgIpc) is 3.16. The smallest absolute Gasteiger partial charge is 0.258 e. The molecule has 0 radical (unpaired) electrons. The zero-order valence-corrected chi connectivity index (χ0v) is 15.4. The van der Waals surface area contributed by atoms with Crippen molar-refractivity contribution in [1.82, 2.24) is 19.5 Å². The molecule has 0 bridgehead atoms. The molecule has 8 heteroatoms. The average molecular weight is 389 g/mol. The van der Waals surface area contributed by atoms with Crippen molar-refractivity contribution in [1.29, 1.82) is 0 Å². The lowest BCUT2D eigenvalue weighted by Crippen LogP contribution is -2.13. The van der Waals surface area contributed by atoms with Crippen molar-refractivity contribution in [2.75, 3.05) is 5.32 Å². The molecular formula is C21H16FN5O2. The molecule has 7 nitrogen and oxygen atoms in total. The van der Waals surface area contributed by atoms with E-state index in [4.69, 9.17) is 4.74 Å². The van der Waals surface area contributed by atoms with Crippen molar-refractivity contribution in [3.8, 4) is 17.4 Å². The molecule has 2 aromatic carbocycles. The molecule has 0 spiro atoms. The SMILES string of the molecule is Cc1nccn1-c1cc(Oc2ccc(NC(=O)c3ccccc3F)cc2)ncn1. The van der Waals surface area contributed by atoms with E-state index in [1.165, 1.54) is 24.5 Å². The molecule has 0 unspecified atom stereocenters. The van der Waals surface area contributed by atoms with Crippen LogP contribution in [0, 0.1) is 12.7 Å². The van der Waals surface area contributed by atoms with Gasteiger partial charge in [0.15, 0.2) is 0 Å². The van der Waals surface area contributed by atoms with Gasteiger partial charge >= 0.3 is 0 Å². The van der Waals surface area contributed by atoms with E-state index in [-0.39, 0.29) is 5.56 Å². The molecule has 2 heterocycles. The van der Waals surface area contributed by atoms with Gasteiger partial charge in [0, 0.05) is 24.1 Å². The molecule has 0 saturated heterocycles. The summed E-state index contributed by atoms with van der Waals surface area (Å²) in [6, 6.07) is 14.2. The molecule has 1 N–H and O–H groups in total. The minimum absolute atomic E-state index is 0.0175. The number of carbonyl (C=O) groups excluding carboxylic acids is 1. The Balaban J connectivity index is 1.46. The van der Waals surface area contributed by atoms with Gasteiger partial charge in [0.25, 0.3) is 5.91 Å². The summed E-state index contributed by atoms with van der Waals surface area (Å²) in [7, 11) is 0. The van der Waals surface area contributed by atoms with Crippen molar-refractivity contribution in [3.05, 3.63) is 90.5 Å². The Labute approximate surface area is 165 Å². The lowest BCUT2D eigenvalue weighted by Gasteiger charge is -2.09. The van der Waals surface area contributed by atoms with Crippen LogP contribution in [0.4, 0.5) is 10.1 Å². The first-order chi connectivity index (χ1) is 14.1. The highest BCUT2D eigenvalue weighted by atomic mass is 19.1. The van der Waals surface area contributed by atoms with Gasteiger partial charge in [-0.2, -0.15) is 0 Å². The maximum Gasteiger partial charge on any atom is 0.258 e. The Kier molecular flexibility index (Phi) is 4.98. The number of nitrogens with one attached hydrogen (secondary N) is 1. The highest BCUT2D eigenvalue weighted by molar-refractivity contribution is 6.04. The third-order valence-corrected chi connectivity index (χ3v) is 4.15. The zero-order valence-electron chi connectivity index (χ0n) is 15.4. The van der Waals surface area contributed by atoms with E-state index in [2.05, 4.69) is 20.3 Å². The van der Waals surface area contributed by atoms with E-state index in [1.807, 2.05) is 11.5 Å². The van der Waals surface area contributed by atoms with Crippen LogP contribution in [0.25, 0.3) is 5.82 Å². The van der Waals surface area contributed by atoms with Crippen molar-refractivity contribution in [2.24, 2.45) is 0 Å². The van der Waals surface area contributed by atoms with Crippen LogP contribution in [-0.2, 0) is 0 Å². The molecule has 144 valence electrons. The van der Waals surface area contributed by atoms with Crippen molar-refractivity contribution in [2.45, 2.75) is 6.92 Å². The number of rotatable bonds is 5. The van der Waals surface area contributed by atoms with Crippen LogP contribution >= 0.6 is 0 Å². The number of aryl methyl sites for hydroxylation is 1. The summed E-state index contributed by atoms with van der Waals surface area (Å²) in [5.74, 6) is 1.24. The number of nitrogens with zero attached hydrogens (tertiary/aromatic N) is 4. The number of imidazole rings is 1. The fourth-order valence-electron chi connectivity index (χ4n) is 2.71. The first-order valence-corrected chi connectivity index (χ1v) is 8.76. The van der Waals surface area contributed by atoms with E-state index < -0.39 is 11.7 Å². The van der Waals surface area contributed by atoms with Gasteiger partial charge in [-0.1, -0.05) is 12.1 Å². The van der Waals surface area contributed by atoms with Gasteiger partial charge in [0.05, 0.1) is 5.56 Å². The molecular weight excluding hydrogens is 373 g/mol. The number of hydrogen-bond acceptors (Lipinski definition) is 5. The number of aromatic nitrogens is 4. The molecule has 0 aliphatic carbocycles. The summed E-state index contributed by atoms with van der Waals surface area (Å²) in [5, 5.41) is 2.65. The lowest BCUT2D eigenvalue weighted by atomic mass is 10.2. The number of halogens is 1. The van der Waals surface area contributed by atoms with Gasteiger partial charge in [-0.3, -0.25) is 9.36 Å². The Hall–Kier alpha value is -4.07. The van der Waals surface area contributed by atoms with Crippen LogP contribution in [0.2, 0.25) is 0 Å². The molecule has 4 rings (SSSR count). The van der Waals surface area contributed by atoms with Crippen LogP contribution in [0.15, 0.2) is 73.3 Å². The third kappa shape index (κ3) is 4.11. The summed E-state index contributed by atoms with van der Waals surface area (Å²) in [6.45, 7) is 1.87. The summed E-state index contributed by atoms with van der Waals surface area (Å²) in [6.07, 6.45) is 4.90. The minimum atomic E-state index is -0.572. The first kappa shape index (κ1) is 18.3. The van der Waals surface area contributed by atoms with Gasteiger partial charge in [-0.05, 0) is 43.3 Å². The van der Waals surface area contributed by atoms with Crippen LogP contribution in [-0.4, -0.2) is 25.4 Å². The van der Waals surface area contributed by atoms with Crippen molar-refractivity contribution >= 4 is 11.6 Å². The molecule has 29 heavy (non-hydrogen) atoms. The van der Waals surface area contributed by atoms with Crippen LogP contribution in [0.3, 0.4) is 0 Å². The molecule has 4 aromatic rings. The van der Waals surface area contributed by atoms with Crippen LogP contribution in [0.1, 0.15) is 16.2 Å². The van der Waals surface area contributed by atoms with Gasteiger partial charge in [-0.15, -0.1) is 0 Å². The second-order valence-corrected chi connectivity index (χ2v) is 6.12. The van der Waals surface area contributed by atoms with Gasteiger partial charge in [-0.25, -0.2) is 19.3 Å². The van der Waals surface area contributed by atoms with E-state index in [1.54, 1.807) is 48.8 Å². The number of benzene rings is 2. The zero-order chi connectivity index (χ0) is 20.2. The fraction of sp³-hybridized carbons (Fsp3) is 0.0476. The molecule has 0 atom stereocenters. The van der Waals surface area contributed by atoms with Crippen molar-refractivity contribution < 1.29 is 13.9 Å². The predicted molar refractivity (Wildman–Crippen MR) is 105 cm³/mol. The molecule has 1 amide bonds. The maximum atomic E-state index is 13.7. The Morgan fingerprint density at radius 2 is 1.86 bits per heavy atom. The monoisotopic (exact) mass is 389 g/mol. The summed E-state index contributed by atoms with van der Waals surface area (Å²) >= 11 is 0. The standard InChI is InChI=1S/C21H16FN5O2/c1-14-23-10-11-27(14)19-12-20(25-13-24-19)29-16-8-6-15(7-9-16)26-21(28)17-4-2-3-5-18(17)22/h2-13H,1H3,(H,26,28). The first-order valence-electron chi connectivity index (χ1n) is 8.76. The quantitative estimate of drug-likeness (QED) is 0.554. The maximum absolute atomic E-state index is 13.7. The highest BCUT2D eigenvalue weighted by Crippen LogP contribution is 2.23.